The molecule has 146 valence electrons. The number of rotatable bonds is 5. The number of sulfonamides is 1. The Morgan fingerprint density at radius 2 is 1.59 bits per heavy atom. The maximum Gasteiger partial charge on any atom is 0.333 e. The largest absolute Gasteiger partial charge is 0.333 e. The molecule has 27 heavy (non-hydrogen) atoms. The summed E-state index contributed by atoms with van der Waals surface area (Å²) in [6.07, 6.45) is 1.34. The van der Waals surface area contributed by atoms with Crippen LogP contribution >= 0.6 is 0 Å². The van der Waals surface area contributed by atoms with E-state index in [0.717, 1.165) is 16.7 Å². The summed E-state index contributed by atoms with van der Waals surface area (Å²) in [6.45, 7) is 11.7. The Hall–Kier alpha value is -2.48. The van der Waals surface area contributed by atoms with E-state index < -0.39 is 16.1 Å². The Morgan fingerprint density at radius 1 is 1.04 bits per heavy atom. The van der Waals surface area contributed by atoms with Crippen LogP contribution in [0.3, 0.4) is 0 Å². The predicted octanol–water partition coefficient (Wildman–Crippen LogP) is 3.85. The van der Waals surface area contributed by atoms with Crippen molar-refractivity contribution in [3.63, 3.8) is 0 Å². The highest BCUT2D eigenvalue weighted by Crippen LogP contribution is 2.33. The molecule has 2 rings (SSSR count). The second-order valence-corrected chi connectivity index (χ2v) is 8.76. The third-order valence-corrected chi connectivity index (χ3v) is 5.31. The molecule has 0 unspecified atom stereocenters. The van der Waals surface area contributed by atoms with Gasteiger partial charge in [0.05, 0.1) is 0 Å². The number of hydrogen-bond acceptors (Lipinski definition) is 5. The minimum Gasteiger partial charge on any atom is -0.307 e. The fraction of sp³-hybridized carbons (Fsp3) is 0.421. The number of anilines is 1. The lowest BCUT2D eigenvalue weighted by Gasteiger charge is -2.21. The summed E-state index contributed by atoms with van der Waals surface area (Å²) in [7, 11) is -4.09. The second-order valence-electron chi connectivity index (χ2n) is 7.13. The number of hydrogen-bond donors (Lipinski definition) is 2. The number of aryl methyl sites for hydroxylation is 2. The molecule has 2 amide bonds. The van der Waals surface area contributed by atoms with Crippen molar-refractivity contribution in [3.05, 3.63) is 46.9 Å². The van der Waals surface area contributed by atoms with E-state index >= 15 is 0 Å². The van der Waals surface area contributed by atoms with Crippen molar-refractivity contribution in [1.29, 1.82) is 0 Å². The summed E-state index contributed by atoms with van der Waals surface area (Å²) in [5, 5.41) is 2.49. The lowest BCUT2D eigenvalue weighted by atomic mass is 9.90. The summed E-state index contributed by atoms with van der Waals surface area (Å²) >= 11 is 0. The number of urea groups is 1. The van der Waals surface area contributed by atoms with Gasteiger partial charge in [0.15, 0.2) is 5.03 Å². The highest BCUT2D eigenvalue weighted by molar-refractivity contribution is 7.90. The number of benzene rings is 1. The van der Waals surface area contributed by atoms with Crippen molar-refractivity contribution >= 4 is 21.7 Å². The van der Waals surface area contributed by atoms with Crippen LogP contribution in [0, 0.1) is 13.8 Å². The molecular weight excluding hydrogens is 364 g/mol. The molecular formula is C19H26N4O3S. The van der Waals surface area contributed by atoms with Crippen LogP contribution < -0.4 is 10.0 Å². The first kappa shape index (κ1) is 20.8. The highest BCUT2D eigenvalue weighted by Gasteiger charge is 2.22. The predicted molar refractivity (Wildman–Crippen MR) is 105 cm³/mol. The SMILES string of the molecule is Cc1cc(C(C)C)c(NC(=O)NS(=O)(=O)c2ccnc(C)n2)c(C(C)C)c1. The standard InChI is InChI=1S/C19H26N4O3S/c1-11(2)15-9-13(5)10-16(12(3)4)18(15)22-19(24)23-27(25,26)17-7-8-20-14(6)21-17/h7-12H,1-6H3,(H2,22,23,24). The summed E-state index contributed by atoms with van der Waals surface area (Å²) in [5.74, 6) is 0.638. The van der Waals surface area contributed by atoms with Gasteiger partial charge in [0.25, 0.3) is 10.0 Å². The normalized spacial score (nSPS) is 11.7. The summed E-state index contributed by atoms with van der Waals surface area (Å²) in [4.78, 5) is 20.2. The van der Waals surface area contributed by atoms with Crippen LogP contribution in [-0.2, 0) is 10.0 Å². The monoisotopic (exact) mass is 390 g/mol. The van der Waals surface area contributed by atoms with Gasteiger partial charge in [-0.1, -0.05) is 45.4 Å². The van der Waals surface area contributed by atoms with Crippen LogP contribution in [-0.4, -0.2) is 24.4 Å². The molecule has 0 fully saturated rings. The van der Waals surface area contributed by atoms with E-state index in [0.29, 0.717) is 11.5 Å². The van der Waals surface area contributed by atoms with E-state index in [1.54, 1.807) is 6.92 Å². The minimum absolute atomic E-state index is 0.166. The van der Waals surface area contributed by atoms with Gasteiger partial charge in [0.1, 0.15) is 5.82 Å². The zero-order valence-corrected chi connectivity index (χ0v) is 17.3. The van der Waals surface area contributed by atoms with Crippen molar-refractivity contribution in [2.75, 3.05) is 5.32 Å². The number of carbonyl (C=O) groups excluding carboxylic acids is 1. The Labute approximate surface area is 160 Å². The first-order chi connectivity index (χ1) is 12.5. The van der Waals surface area contributed by atoms with Crippen molar-refractivity contribution in [2.45, 2.75) is 58.4 Å². The molecule has 0 radical (unpaired) electrons. The summed E-state index contributed by atoms with van der Waals surface area (Å²) in [6, 6.07) is 4.44. The first-order valence-corrected chi connectivity index (χ1v) is 10.3. The van der Waals surface area contributed by atoms with Gasteiger partial charge in [-0.15, -0.1) is 0 Å². The number of nitrogens with zero attached hydrogens (tertiary/aromatic N) is 2. The molecule has 7 nitrogen and oxygen atoms in total. The van der Waals surface area contributed by atoms with E-state index in [2.05, 4.69) is 15.3 Å². The number of nitrogens with one attached hydrogen (secondary N) is 2. The molecule has 0 saturated carbocycles. The maximum atomic E-state index is 12.5. The Balaban J connectivity index is 2.35. The Morgan fingerprint density at radius 3 is 2.07 bits per heavy atom. The molecule has 0 aliphatic heterocycles. The topological polar surface area (TPSA) is 101 Å². The highest BCUT2D eigenvalue weighted by atomic mass is 32.2. The van der Waals surface area contributed by atoms with E-state index in [1.807, 2.05) is 51.5 Å². The van der Waals surface area contributed by atoms with Crippen molar-refractivity contribution in [2.24, 2.45) is 0 Å². The Kier molecular flexibility index (Phi) is 6.20. The fourth-order valence-electron chi connectivity index (χ4n) is 2.80. The van der Waals surface area contributed by atoms with Gasteiger partial charge in [0, 0.05) is 11.9 Å². The van der Waals surface area contributed by atoms with E-state index in [9.17, 15) is 13.2 Å². The zero-order chi connectivity index (χ0) is 20.4. The minimum atomic E-state index is -4.09. The average molecular weight is 391 g/mol. The lowest BCUT2D eigenvalue weighted by molar-refractivity contribution is 0.256. The van der Waals surface area contributed by atoms with E-state index in [4.69, 9.17) is 0 Å². The van der Waals surface area contributed by atoms with E-state index in [1.165, 1.54) is 12.3 Å². The second kappa shape index (κ2) is 8.04. The molecule has 1 aromatic carbocycles. The third-order valence-electron chi connectivity index (χ3n) is 4.08. The molecule has 2 aromatic rings. The van der Waals surface area contributed by atoms with Crippen LogP contribution in [0.15, 0.2) is 29.4 Å². The summed E-state index contributed by atoms with van der Waals surface area (Å²) in [5.41, 5.74) is 3.67. The summed E-state index contributed by atoms with van der Waals surface area (Å²) < 4.78 is 26.9. The lowest BCUT2D eigenvalue weighted by Crippen LogP contribution is -2.35. The molecule has 1 heterocycles. The number of aromatic nitrogens is 2. The van der Waals surface area contributed by atoms with Gasteiger partial charge in [-0.3, -0.25) is 0 Å². The average Bonchev–Trinajstić information content (AvgIpc) is 2.55. The molecule has 0 atom stereocenters. The smallest absolute Gasteiger partial charge is 0.307 e. The van der Waals surface area contributed by atoms with Crippen molar-refractivity contribution in [3.8, 4) is 0 Å². The van der Waals surface area contributed by atoms with Crippen LogP contribution in [0.25, 0.3) is 0 Å². The van der Waals surface area contributed by atoms with Gasteiger partial charge in [0.2, 0.25) is 0 Å². The molecule has 1 aromatic heterocycles. The molecule has 2 N–H and O–H groups in total. The van der Waals surface area contributed by atoms with Gasteiger partial charge >= 0.3 is 6.03 Å². The fourth-order valence-corrected chi connectivity index (χ4v) is 3.69. The van der Waals surface area contributed by atoms with Gasteiger partial charge in [-0.05, 0) is 42.9 Å². The Bertz CT molecular complexity index is 924. The van der Waals surface area contributed by atoms with Gasteiger partial charge < -0.3 is 5.32 Å². The molecule has 0 bridgehead atoms. The van der Waals surface area contributed by atoms with E-state index in [-0.39, 0.29) is 16.9 Å². The van der Waals surface area contributed by atoms with Crippen LogP contribution in [0.4, 0.5) is 10.5 Å². The maximum absolute atomic E-state index is 12.5. The molecule has 0 aliphatic carbocycles. The first-order valence-electron chi connectivity index (χ1n) is 8.79. The number of amides is 2. The van der Waals surface area contributed by atoms with Crippen LogP contribution in [0.2, 0.25) is 0 Å². The molecule has 0 aliphatic rings. The molecule has 0 saturated heterocycles. The van der Waals surface area contributed by atoms with Crippen molar-refractivity contribution in [1.82, 2.24) is 14.7 Å². The van der Waals surface area contributed by atoms with Crippen LogP contribution in [0.5, 0.6) is 0 Å². The van der Waals surface area contributed by atoms with Crippen LogP contribution in [0.1, 0.15) is 62.0 Å². The molecule has 0 spiro atoms. The van der Waals surface area contributed by atoms with Crippen molar-refractivity contribution < 1.29 is 13.2 Å². The molecule has 8 heteroatoms. The van der Waals surface area contributed by atoms with Gasteiger partial charge in [-0.25, -0.2) is 19.5 Å². The third kappa shape index (κ3) is 5.03. The quantitative estimate of drug-likeness (QED) is 0.755. The van der Waals surface area contributed by atoms with Gasteiger partial charge in [-0.2, -0.15) is 8.42 Å². The number of carbonyl (C=O) groups is 1. The zero-order valence-electron chi connectivity index (χ0n) is 16.5.